The van der Waals surface area contributed by atoms with Gasteiger partial charge in [0.15, 0.2) is 0 Å². The van der Waals surface area contributed by atoms with Crippen LogP contribution in [0.5, 0.6) is 0 Å². The van der Waals surface area contributed by atoms with Gasteiger partial charge in [-0.25, -0.2) is 13.6 Å². The number of nitrogens with one attached hydrogen (secondary N) is 2. The monoisotopic (exact) mass is 341 g/mol. The molecule has 0 bridgehead atoms. The summed E-state index contributed by atoms with van der Waals surface area (Å²) in [5.74, 6) is -0.0656. The molecule has 1 amide bonds. The second-order valence-electron chi connectivity index (χ2n) is 5.55. The first-order valence-electron chi connectivity index (χ1n) is 7.66. The van der Waals surface area contributed by atoms with E-state index in [0.717, 1.165) is 25.0 Å². The van der Waals surface area contributed by atoms with E-state index in [1.165, 1.54) is 12.1 Å². The summed E-state index contributed by atoms with van der Waals surface area (Å²) in [7, 11) is -3.66. The molecular weight excluding hydrogens is 318 g/mol. The van der Waals surface area contributed by atoms with Crippen LogP contribution in [0, 0.1) is 0 Å². The molecule has 0 aliphatic carbocycles. The Morgan fingerprint density at radius 1 is 1.30 bits per heavy atom. The van der Waals surface area contributed by atoms with Crippen molar-refractivity contribution in [3.8, 4) is 0 Å². The van der Waals surface area contributed by atoms with Crippen molar-refractivity contribution in [2.24, 2.45) is 5.14 Å². The third-order valence-electron chi connectivity index (χ3n) is 3.67. The van der Waals surface area contributed by atoms with Crippen molar-refractivity contribution in [1.82, 2.24) is 10.6 Å². The van der Waals surface area contributed by atoms with E-state index < -0.39 is 10.0 Å². The van der Waals surface area contributed by atoms with Crippen molar-refractivity contribution in [2.45, 2.75) is 30.3 Å². The molecule has 1 aliphatic rings. The number of carbonyl (C=O) groups excluding carboxylic acids is 1. The predicted molar refractivity (Wildman–Crippen MR) is 86.4 cm³/mol. The standard InChI is InChI=1S/C15H23N3O4S/c16-23(20,21)14-5-3-12(4-6-14)7-8-18-15(19)11-17-10-13-2-1-9-22-13/h3-6,13,17H,1-2,7-11H2,(H,18,19)(H2,16,20,21). The van der Waals surface area contributed by atoms with Crippen molar-refractivity contribution < 1.29 is 17.9 Å². The summed E-state index contributed by atoms with van der Waals surface area (Å²) in [5.41, 5.74) is 0.935. The van der Waals surface area contributed by atoms with E-state index in [1.807, 2.05) is 0 Å². The average Bonchev–Trinajstić information content (AvgIpc) is 3.00. The Kier molecular flexibility index (Phi) is 6.52. The highest BCUT2D eigenvalue weighted by molar-refractivity contribution is 7.89. The molecule has 1 aromatic rings. The lowest BCUT2D eigenvalue weighted by molar-refractivity contribution is -0.120. The number of hydrogen-bond acceptors (Lipinski definition) is 5. The van der Waals surface area contributed by atoms with Crippen LogP contribution >= 0.6 is 0 Å². The predicted octanol–water partition coefficient (Wildman–Crippen LogP) is -0.239. The Labute approximate surface area is 136 Å². The molecule has 1 aliphatic heterocycles. The Balaban J connectivity index is 1.63. The fourth-order valence-corrected chi connectivity index (χ4v) is 2.92. The lowest BCUT2D eigenvalue weighted by atomic mass is 10.1. The minimum absolute atomic E-state index is 0.0656. The van der Waals surface area contributed by atoms with E-state index in [2.05, 4.69) is 10.6 Å². The molecule has 1 unspecified atom stereocenters. The van der Waals surface area contributed by atoms with Crippen LogP contribution in [0.3, 0.4) is 0 Å². The van der Waals surface area contributed by atoms with Crippen LogP contribution in [-0.4, -0.2) is 46.7 Å². The van der Waals surface area contributed by atoms with Gasteiger partial charge in [-0.05, 0) is 37.0 Å². The first-order chi connectivity index (χ1) is 10.9. The summed E-state index contributed by atoms with van der Waals surface area (Å²) < 4.78 is 27.8. The molecule has 1 heterocycles. The van der Waals surface area contributed by atoms with Crippen molar-refractivity contribution in [3.63, 3.8) is 0 Å². The molecular formula is C15H23N3O4S. The largest absolute Gasteiger partial charge is 0.377 e. The molecule has 2 rings (SSSR count). The van der Waals surface area contributed by atoms with Gasteiger partial charge in [-0.3, -0.25) is 4.79 Å². The number of sulfonamides is 1. The number of rotatable bonds is 8. The summed E-state index contributed by atoms with van der Waals surface area (Å²) in [6.45, 7) is 2.27. The molecule has 23 heavy (non-hydrogen) atoms. The maximum atomic E-state index is 11.7. The number of primary sulfonamides is 1. The zero-order valence-electron chi connectivity index (χ0n) is 13.0. The van der Waals surface area contributed by atoms with Gasteiger partial charge in [-0.15, -0.1) is 0 Å². The third kappa shape index (κ3) is 6.26. The highest BCUT2D eigenvalue weighted by atomic mass is 32.2. The first kappa shape index (κ1) is 17.9. The molecule has 128 valence electrons. The molecule has 1 atom stereocenters. The number of hydrogen-bond donors (Lipinski definition) is 3. The first-order valence-corrected chi connectivity index (χ1v) is 9.20. The highest BCUT2D eigenvalue weighted by Crippen LogP contribution is 2.10. The van der Waals surface area contributed by atoms with Gasteiger partial charge in [-0.1, -0.05) is 12.1 Å². The number of carbonyl (C=O) groups is 1. The van der Waals surface area contributed by atoms with Gasteiger partial charge in [0, 0.05) is 19.7 Å². The fourth-order valence-electron chi connectivity index (χ4n) is 2.41. The van der Waals surface area contributed by atoms with Crippen LogP contribution in [0.15, 0.2) is 29.2 Å². The molecule has 4 N–H and O–H groups in total. The lowest BCUT2D eigenvalue weighted by Gasteiger charge is -2.11. The Hall–Kier alpha value is -1.48. The molecule has 1 fully saturated rings. The summed E-state index contributed by atoms with van der Waals surface area (Å²) in [6, 6.07) is 6.33. The van der Waals surface area contributed by atoms with Crippen molar-refractivity contribution in [2.75, 3.05) is 26.2 Å². The Bertz CT molecular complexity index is 610. The summed E-state index contributed by atoms with van der Waals surface area (Å²) in [6.07, 6.45) is 2.98. The second-order valence-corrected chi connectivity index (χ2v) is 7.12. The quantitative estimate of drug-likeness (QED) is 0.604. The van der Waals surface area contributed by atoms with E-state index >= 15 is 0 Å². The third-order valence-corrected chi connectivity index (χ3v) is 4.60. The van der Waals surface area contributed by atoms with Gasteiger partial charge in [0.25, 0.3) is 0 Å². The van der Waals surface area contributed by atoms with Gasteiger partial charge < -0.3 is 15.4 Å². The normalized spacial score (nSPS) is 18.0. The maximum absolute atomic E-state index is 11.7. The van der Waals surface area contributed by atoms with Crippen molar-refractivity contribution in [3.05, 3.63) is 29.8 Å². The minimum Gasteiger partial charge on any atom is -0.377 e. The van der Waals surface area contributed by atoms with Gasteiger partial charge in [0.05, 0.1) is 17.5 Å². The molecule has 1 saturated heterocycles. The van der Waals surface area contributed by atoms with Crippen LogP contribution in [-0.2, 0) is 26.0 Å². The smallest absolute Gasteiger partial charge is 0.238 e. The van der Waals surface area contributed by atoms with Gasteiger partial charge in [0.2, 0.25) is 15.9 Å². The van der Waals surface area contributed by atoms with E-state index in [-0.39, 0.29) is 23.5 Å². The van der Waals surface area contributed by atoms with Crippen LogP contribution in [0.1, 0.15) is 18.4 Å². The topological polar surface area (TPSA) is 111 Å². The van der Waals surface area contributed by atoms with E-state index in [0.29, 0.717) is 19.5 Å². The number of nitrogens with two attached hydrogens (primary N) is 1. The van der Waals surface area contributed by atoms with Crippen LogP contribution < -0.4 is 15.8 Å². The molecule has 0 saturated carbocycles. The van der Waals surface area contributed by atoms with E-state index in [9.17, 15) is 13.2 Å². The Morgan fingerprint density at radius 2 is 2.04 bits per heavy atom. The maximum Gasteiger partial charge on any atom is 0.238 e. The molecule has 0 aromatic heterocycles. The summed E-state index contributed by atoms with van der Waals surface area (Å²) >= 11 is 0. The minimum atomic E-state index is -3.66. The van der Waals surface area contributed by atoms with E-state index in [4.69, 9.17) is 9.88 Å². The number of benzene rings is 1. The molecule has 8 heteroatoms. The Morgan fingerprint density at radius 3 is 2.65 bits per heavy atom. The van der Waals surface area contributed by atoms with Gasteiger partial charge in [-0.2, -0.15) is 0 Å². The van der Waals surface area contributed by atoms with Crippen molar-refractivity contribution >= 4 is 15.9 Å². The molecule has 0 spiro atoms. The second kappa shape index (κ2) is 8.39. The van der Waals surface area contributed by atoms with Crippen molar-refractivity contribution in [1.29, 1.82) is 0 Å². The zero-order chi connectivity index (χ0) is 16.7. The van der Waals surface area contributed by atoms with E-state index in [1.54, 1.807) is 12.1 Å². The lowest BCUT2D eigenvalue weighted by Crippen LogP contribution is -2.37. The molecule has 0 radical (unpaired) electrons. The average molecular weight is 341 g/mol. The summed E-state index contributed by atoms with van der Waals surface area (Å²) in [4.78, 5) is 11.8. The molecule has 1 aromatic carbocycles. The highest BCUT2D eigenvalue weighted by Gasteiger charge is 2.15. The van der Waals surface area contributed by atoms with Crippen LogP contribution in [0.2, 0.25) is 0 Å². The van der Waals surface area contributed by atoms with Gasteiger partial charge >= 0.3 is 0 Å². The number of ether oxygens (including phenoxy) is 1. The van der Waals surface area contributed by atoms with Crippen LogP contribution in [0.25, 0.3) is 0 Å². The fraction of sp³-hybridized carbons (Fsp3) is 0.533. The zero-order valence-corrected chi connectivity index (χ0v) is 13.8. The van der Waals surface area contributed by atoms with Crippen LogP contribution in [0.4, 0.5) is 0 Å². The SMILES string of the molecule is NS(=O)(=O)c1ccc(CCNC(=O)CNCC2CCCO2)cc1. The summed E-state index contributed by atoms with van der Waals surface area (Å²) in [5, 5.41) is 10.9. The molecule has 7 nitrogen and oxygen atoms in total. The van der Waals surface area contributed by atoms with Gasteiger partial charge in [0.1, 0.15) is 0 Å². The number of amides is 1.